The minimum atomic E-state index is -0.413. The minimum Gasteiger partial charge on any atom is -0.444 e. The average Bonchev–Trinajstić information content (AvgIpc) is 2.90. The zero-order valence-electron chi connectivity index (χ0n) is 10.4. The SMILES string of the molecule is C=C[C@@H]1C[C@@H]2CC2CN1C(=O)OC(C)(C)C. The summed E-state index contributed by atoms with van der Waals surface area (Å²) in [4.78, 5) is 13.8. The first kappa shape index (κ1) is 11.5. The molecule has 2 fully saturated rings. The number of hydrogen-bond donors (Lipinski definition) is 0. The van der Waals surface area contributed by atoms with E-state index >= 15 is 0 Å². The number of likely N-dealkylation sites (tertiary alicyclic amines) is 1. The molecule has 3 nitrogen and oxygen atoms in total. The van der Waals surface area contributed by atoms with Gasteiger partial charge in [-0.05, 0) is 45.4 Å². The molecule has 0 N–H and O–H groups in total. The summed E-state index contributed by atoms with van der Waals surface area (Å²) in [5.74, 6) is 1.53. The number of ether oxygens (including phenoxy) is 1. The summed E-state index contributed by atoms with van der Waals surface area (Å²) >= 11 is 0. The molecule has 16 heavy (non-hydrogen) atoms. The van der Waals surface area contributed by atoms with Crippen molar-refractivity contribution in [3.05, 3.63) is 12.7 Å². The quantitative estimate of drug-likeness (QED) is 0.640. The molecular weight excluding hydrogens is 202 g/mol. The van der Waals surface area contributed by atoms with E-state index in [0.717, 1.165) is 18.9 Å². The van der Waals surface area contributed by atoms with Gasteiger partial charge >= 0.3 is 6.09 Å². The largest absolute Gasteiger partial charge is 0.444 e. The van der Waals surface area contributed by atoms with Gasteiger partial charge in [0, 0.05) is 6.54 Å². The van der Waals surface area contributed by atoms with Gasteiger partial charge in [0.25, 0.3) is 0 Å². The molecular formula is C13H21NO2. The van der Waals surface area contributed by atoms with Crippen LogP contribution in [0.25, 0.3) is 0 Å². The smallest absolute Gasteiger partial charge is 0.410 e. The second-order valence-electron chi connectivity index (χ2n) is 5.93. The first-order valence-corrected chi connectivity index (χ1v) is 6.03. The number of nitrogens with zero attached hydrogens (tertiary/aromatic N) is 1. The standard InChI is InChI=1S/C13H21NO2/c1-5-11-7-9-6-10(9)8-14(11)12(15)16-13(2,3)4/h5,9-11H,1,6-8H2,2-4H3/t9-,10?,11+/m0/s1. The number of piperidine rings is 1. The van der Waals surface area contributed by atoms with Crippen LogP contribution >= 0.6 is 0 Å². The van der Waals surface area contributed by atoms with Crippen LogP contribution in [0.2, 0.25) is 0 Å². The molecule has 0 aromatic rings. The highest BCUT2D eigenvalue weighted by atomic mass is 16.6. The second kappa shape index (κ2) is 3.79. The van der Waals surface area contributed by atoms with Gasteiger partial charge in [-0.15, -0.1) is 6.58 Å². The van der Waals surface area contributed by atoms with E-state index in [1.54, 1.807) is 0 Å². The number of carbonyl (C=O) groups excluding carboxylic acids is 1. The first-order valence-electron chi connectivity index (χ1n) is 6.03. The van der Waals surface area contributed by atoms with Gasteiger partial charge in [-0.25, -0.2) is 4.79 Å². The fourth-order valence-electron chi connectivity index (χ4n) is 2.40. The molecule has 1 saturated carbocycles. The summed E-state index contributed by atoms with van der Waals surface area (Å²) < 4.78 is 5.42. The molecule has 3 atom stereocenters. The third-order valence-corrected chi connectivity index (χ3v) is 3.34. The van der Waals surface area contributed by atoms with E-state index in [4.69, 9.17) is 4.74 Å². The molecule has 1 aliphatic carbocycles. The van der Waals surface area contributed by atoms with Crippen molar-refractivity contribution >= 4 is 6.09 Å². The Morgan fingerprint density at radius 2 is 2.06 bits per heavy atom. The third kappa shape index (κ3) is 2.39. The van der Waals surface area contributed by atoms with Crippen LogP contribution in [0.1, 0.15) is 33.6 Å². The molecule has 0 aromatic heterocycles. The number of amides is 1. The fraction of sp³-hybridized carbons (Fsp3) is 0.769. The Morgan fingerprint density at radius 3 is 2.62 bits per heavy atom. The first-order chi connectivity index (χ1) is 7.40. The van der Waals surface area contributed by atoms with E-state index < -0.39 is 5.60 Å². The van der Waals surface area contributed by atoms with Crippen LogP contribution < -0.4 is 0 Å². The molecule has 1 heterocycles. The lowest BCUT2D eigenvalue weighted by Crippen LogP contribution is -2.46. The predicted octanol–water partition coefficient (Wildman–Crippen LogP) is 2.82. The molecule has 3 heteroatoms. The molecule has 1 amide bonds. The Balaban J connectivity index is 2.00. The second-order valence-corrected chi connectivity index (χ2v) is 5.93. The molecule has 90 valence electrons. The van der Waals surface area contributed by atoms with Crippen molar-refractivity contribution in [1.82, 2.24) is 4.90 Å². The highest BCUT2D eigenvalue weighted by Gasteiger charge is 2.46. The van der Waals surface area contributed by atoms with Crippen LogP contribution in [0, 0.1) is 11.8 Å². The molecule has 1 unspecified atom stereocenters. The van der Waals surface area contributed by atoms with Crippen LogP contribution in [0.15, 0.2) is 12.7 Å². The lowest BCUT2D eigenvalue weighted by atomic mass is 10.0. The molecule has 1 saturated heterocycles. The lowest BCUT2D eigenvalue weighted by molar-refractivity contribution is 0.0139. The van der Waals surface area contributed by atoms with E-state index in [1.807, 2.05) is 31.7 Å². The summed E-state index contributed by atoms with van der Waals surface area (Å²) in [5.41, 5.74) is -0.413. The molecule has 1 aliphatic heterocycles. The summed E-state index contributed by atoms with van der Waals surface area (Å²) in [6.07, 6.45) is 4.01. The van der Waals surface area contributed by atoms with E-state index in [-0.39, 0.29) is 12.1 Å². The van der Waals surface area contributed by atoms with Gasteiger partial charge in [0.1, 0.15) is 5.60 Å². The summed E-state index contributed by atoms with van der Waals surface area (Å²) in [5, 5.41) is 0. The zero-order valence-corrected chi connectivity index (χ0v) is 10.4. The van der Waals surface area contributed by atoms with Crippen molar-refractivity contribution in [1.29, 1.82) is 0 Å². The van der Waals surface area contributed by atoms with Crippen molar-refractivity contribution in [3.63, 3.8) is 0 Å². The van der Waals surface area contributed by atoms with E-state index in [1.165, 1.54) is 6.42 Å². The maximum Gasteiger partial charge on any atom is 0.410 e. The fourth-order valence-corrected chi connectivity index (χ4v) is 2.40. The molecule has 0 bridgehead atoms. The van der Waals surface area contributed by atoms with Crippen molar-refractivity contribution in [2.24, 2.45) is 11.8 Å². The highest BCUT2D eigenvalue weighted by Crippen LogP contribution is 2.47. The molecule has 0 spiro atoms. The molecule has 0 aromatic carbocycles. The third-order valence-electron chi connectivity index (χ3n) is 3.34. The Labute approximate surface area is 97.5 Å². The lowest BCUT2D eigenvalue weighted by Gasteiger charge is -2.34. The zero-order chi connectivity index (χ0) is 11.9. The summed E-state index contributed by atoms with van der Waals surface area (Å²) in [6, 6.07) is 0.165. The molecule has 0 radical (unpaired) electrons. The van der Waals surface area contributed by atoms with Crippen LogP contribution in [0.5, 0.6) is 0 Å². The van der Waals surface area contributed by atoms with E-state index in [9.17, 15) is 4.79 Å². The maximum absolute atomic E-state index is 12.0. The van der Waals surface area contributed by atoms with Crippen molar-refractivity contribution < 1.29 is 9.53 Å². The van der Waals surface area contributed by atoms with Crippen molar-refractivity contribution in [3.8, 4) is 0 Å². The normalized spacial score (nSPS) is 32.9. The number of hydrogen-bond acceptors (Lipinski definition) is 2. The average molecular weight is 223 g/mol. The van der Waals surface area contributed by atoms with E-state index in [0.29, 0.717) is 5.92 Å². The van der Waals surface area contributed by atoms with Gasteiger partial charge in [0.05, 0.1) is 6.04 Å². The van der Waals surface area contributed by atoms with Crippen molar-refractivity contribution in [2.75, 3.05) is 6.54 Å². The predicted molar refractivity (Wildman–Crippen MR) is 63.1 cm³/mol. The van der Waals surface area contributed by atoms with E-state index in [2.05, 4.69) is 6.58 Å². The van der Waals surface area contributed by atoms with Gasteiger partial charge in [-0.3, -0.25) is 0 Å². The summed E-state index contributed by atoms with van der Waals surface area (Å²) in [7, 11) is 0. The van der Waals surface area contributed by atoms with Crippen LogP contribution in [0.3, 0.4) is 0 Å². The highest BCUT2D eigenvalue weighted by molar-refractivity contribution is 5.69. The Bertz CT molecular complexity index is 306. The van der Waals surface area contributed by atoms with Gasteiger partial charge < -0.3 is 9.64 Å². The number of carbonyl (C=O) groups is 1. The topological polar surface area (TPSA) is 29.5 Å². The summed E-state index contributed by atoms with van der Waals surface area (Å²) in [6.45, 7) is 10.4. The Kier molecular flexibility index (Phi) is 2.72. The maximum atomic E-state index is 12.0. The van der Waals surface area contributed by atoms with Crippen molar-refractivity contribution in [2.45, 2.75) is 45.3 Å². The van der Waals surface area contributed by atoms with Crippen LogP contribution in [-0.4, -0.2) is 29.2 Å². The van der Waals surface area contributed by atoms with Gasteiger partial charge in [0.15, 0.2) is 0 Å². The Hall–Kier alpha value is -0.990. The minimum absolute atomic E-state index is 0.165. The molecule has 2 aliphatic rings. The van der Waals surface area contributed by atoms with Crippen LogP contribution in [0.4, 0.5) is 4.79 Å². The number of fused-ring (bicyclic) bond motifs is 1. The number of rotatable bonds is 1. The monoisotopic (exact) mass is 223 g/mol. The van der Waals surface area contributed by atoms with Gasteiger partial charge in [0.2, 0.25) is 0 Å². The van der Waals surface area contributed by atoms with Crippen LogP contribution in [-0.2, 0) is 4.74 Å². The Morgan fingerprint density at radius 1 is 1.38 bits per heavy atom. The molecule has 2 rings (SSSR count). The van der Waals surface area contributed by atoms with Gasteiger partial charge in [-0.2, -0.15) is 0 Å². The van der Waals surface area contributed by atoms with Gasteiger partial charge in [-0.1, -0.05) is 6.08 Å².